The van der Waals surface area contributed by atoms with Crippen LogP contribution in [0.15, 0.2) is 18.2 Å². The maximum Gasteiger partial charge on any atom is 0.326 e. The van der Waals surface area contributed by atoms with Crippen molar-refractivity contribution in [3.63, 3.8) is 0 Å². The number of hydrogen-bond donors (Lipinski definition) is 2. The van der Waals surface area contributed by atoms with Crippen LogP contribution in [0, 0.1) is 13.8 Å². The summed E-state index contributed by atoms with van der Waals surface area (Å²) in [6.45, 7) is 4.64. The molecule has 2 N–H and O–H groups in total. The minimum Gasteiger partial charge on any atom is -0.480 e. The van der Waals surface area contributed by atoms with E-state index in [1.165, 1.54) is 4.90 Å². The fourth-order valence-electron chi connectivity index (χ4n) is 2.85. The lowest BCUT2D eigenvalue weighted by molar-refractivity contribution is -0.151. The fourth-order valence-corrected chi connectivity index (χ4v) is 2.85. The number of amides is 1. The van der Waals surface area contributed by atoms with E-state index in [1.54, 1.807) is 0 Å². The van der Waals surface area contributed by atoms with E-state index in [0.29, 0.717) is 13.0 Å². The smallest absolute Gasteiger partial charge is 0.326 e. The number of carbonyl (C=O) groups excluding carboxylic acids is 1. The molecule has 1 atom stereocenters. The Morgan fingerprint density at radius 3 is 2.57 bits per heavy atom. The average Bonchev–Trinajstić information content (AvgIpc) is 2.46. The molecule has 0 spiro atoms. The van der Waals surface area contributed by atoms with Crippen LogP contribution in [0.1, 0.15) is 30.4 Å². The van der Waals surface area contributed by atoms with Gasteiger partial charge in [-0.2, -0.15) is 0 Å². The van der Waals surface area contributed by atoms with Gasteiger partial charge in [-0.15, -0.1) is 0 Å². The normalized spacial score (nSPS) is 18.4. The van der Waals surface area contributed by atoms with E-state index >= 15 is 0 Å². The Hall–Kier alpha value is -2.04. The second kappa shape index (κ2) is 6.61. The molecule has 1 heterocycles. The number of nitrogens with zero attached hydrogens (tertiary/aromatic N) is 1. The Balaban J connectivity index is 2.02. The van der Waals surface area contributed by atoms with Gasteiger partial charge in [0.15, 0.2) is 0 Å². The Morgan fingerprint density at radius 1 is 1.29 bits per heavy atom. The summed E-state index contributed by atoms with van der Waals surface area (Å²) in [5.74, 6) is -1.06. The van der Waals surface area contributed by atoms with Crippen LogP contribution in [-0.4, -0.2) is 41.0 Å². The Kier molecular flexibility index (Phi) is 4.83. The molecule has 1 fully saturated rings. The first kappa shape index (κ1) is 15.4. The fraction of sp³-hybridized carbons (Fsp3) is 0.500. The Bertz CT molecular complexity index is 522. The molecule has 1 saturated heterocycles. The van der Waals surface area contributed by atoms with Gasteiger partial charge in [-0.05, 0) is 44.2 Å². The van der Waals surface area contributed by atoms with Crippen molar-refractivity contribution in [2.75, 3.05) is 18.4 Å². The molecule has 0 aromatic heterocycles. The summed E-state index contributed by atoms with van der Waals surface area (Å²) in [6, 6.07) is 5.27. The highest BCUT2D eigenvalue weighted by molar-refractivity contribution is 5.86. The molecule has 0 aliphatic carbocycles. The lowest BCUT2D eigenvalue weighted by atomic mass is 10.0. The number of hydrogen-bond acceptors (Lipinski definition) is 3. The minimum absolute atomic E-state index is 0.134. The number of benzene rings is 1. The van der Waals surface area contributed by atoms with E-state index in [1.807, 2.05) is 32.0 Å². The van der Waals surface area contributed by atoms with Crippen molar-refractivity contribution < 1.29 is 14.7 Å². The van der Waals surface area contributed by atoms with Crippen molar-refractivity contribution in [1.29, 1.82) is 0 Å². The van der Waals surface area contributed by atoms with Crippen LogP contribution < -0.4 is 5.32 Å². The van der Waals surface area contributed by atoms with Crippen LogP contribution in [0.3, 0.4) is 0 Å². The van der Waals surface area contributed by atoms with Crippen LogP contribution >= 0.6 is 0 Å². The Labute approximate surface area is 125 Å². The van der Waals surface area contributed by atoms with E-state index in [0.717, 1.165) is 29.7 Å². The first-order valence-corrected chi connectivity index (χ1v) is 7.33. The monoisotopic (exact) mass is 290 g/mol. The van der Waals surface area contributed by atoms with Crippen molar-refractivity contribution in [3.05, 3.63) is 29.3 Å². The number of carboxylic acids is 1. The lowest BCUT2D eigenvalue weighted by Gasteiger charge is -2.33. The second-order valence-electron chi connectivity index (χ2n) is 5.56. The molecule has 21 heavy (non-hydrogen) atoms. The predicted octanol–water partition coefficient (Wildman–Crippen LogP) is 2.18. The van der Waals surface area contributed by atoms with Crippen LogP contribution in [0.25, 0.3) is 0 Å². The van der Waals surface area contributed by atoms with Crippen molar-refractivity contribution in [3.8, 4) is 0 Å². The summed E-state index contributed by atoms with van der Waals surface area (Å²) >= 11 is 0. The predicted molar refractivity (Wildman–Crippen MR) is 81.4 cm³/mol. The number of likely N-dealkylation sites (tertiary alicyclic amines) is 1. The third-order valence-corrected chi connectivity index (χ3v) is 4.01. The highest BCUT2D eigenvalue weighted by atomic mass is 16.4. The first-order chi connectivity index (χ1) is 10.0. The third kappa shape index (κ3) is 3.54. The number of aryl methyl sites for hydroxylation is 2. The summed E-state index contributed by atoms with van der Waals surface area (Å²) in [7, 11) is 0. The maximum absolute atomic E-state index is 12.3. The van der Waals surface area contributed by atoms with Gasteiger partial charge in [0, 0.05) is 12.2 Å². The molecular weight excluding hydrogens is 268 g/mol. The largest absolute Gasteiger partial charge is 0.480 e. The molecule has 1 aliphatic rings. The van der Waals surface area contributed by atoms with Gasteiger partial charge in [-0.1, -0.05) is 18.2 Å². The van der Waals surface area contributed by atoms with Gasteiger partial charge in [0.05, 0.1) is 6.54 Å². The minimum atomic E-state index is -0.907. The number of piperidine rings is 1. The van der Waals surface area contributed by atoms with E-state index in [9.17, 15) is 14.7 Å². The first-order valence-electron chi connectivity index (χ1n) is 7.33. The molecule has 1 amide bonds. The van der Waals surface area contributed by atoms with Gasteiger partial charge in [0.2, 0.25) is 5.91 Å². The van der Waals surface area contributed by atoms with Gasteiger partial charge in [-0.3, -0.25) is 4.79 Å². The topological polar surface area (TPSA) is 69.6 Å². The van der Waals surface area contributed by atoms with Crippen LogP contribution in [0.5, 0.6) is 0 Å². The van der Waals surface area contributed by atoms with E-state index in [-0.39, 0.29) is 12.5 Å². The van der Waals surface area contributed by atoms with Gasteiger partial charge in [0.1, 0.15) is 6.04 Å². The molecule has 0 saturated carbocycles. The molecular formula is C16H22N2O3. The number of aliphatic carboxylic acids is 1. The van der Waals surface area contributed by atoms with Crippen LogP contribution in [-0.2, 0) is 9.59 Å². The summed E-state index contributed by atoms with van der Waals surface area (Å²) in [5.41, 5.74) is 3.11. The van der Waals surface area contributed by atoms with E-state index in [2.05, 4.69) is 5.32 Å². The van der Waals surface area contributed by atoms with Gasteiger partial charge in [-0.25, -0.2) is 4.79 Å². The second-order valence-corrected chi connectivity index (χ2v) is 5.56. The molecule has 5 heteroatoms. The van der Waals surface area contributed by atoms with E-state index < -0.39 is 12.0 Å². The number of carbonyl (C=O) groups is 2. The number of rotatable bonds is 4. The zero-order valence-corrected chi connectivity index (χ0v) is 12.6. The summed E-state index contributed by atoms with van der Waals surface area (Å²) in [5, 5.41) is 12.4. The van der Waals surface area contributed by atoms with Gasteiger partial charge in [0.25, 0.3) is 0 Å². The highest BCUT2D eigenvalue weighted by Crippen LogP contribution is 2.20. The van der Waals surface area contributed by atoms with Crippen LogP contribution in [0.4, 0.5) is 5.69 Å². The van der Waals surface area contributed by atoms with Crippen molar-refractivity contribution in [2.45, 2.75) is 39.2 Å². The number of anilines is 1. The molecule has 1 aromatic carbocycles. The highest BCUT2D eigenvalue weighted by Gasteiger charge is 2.31. The number of nitrogens with one attached hydrogen (secondary N) is 1. The number of carboxylic acid groups (broad SMARTS) is 1. The molecule has 1 aliphatic heterocycles. The third-order valence-electron chi connectivity index (χ3n) is 4.01. The number of para-hydroxylation sites is 1. The molecule has 0 radical (unpaired) electrons. The SMILES string of the molecule is Cc1cccc(C)c1NCC(=O)N1CCCCC1C(=O)O. The van der Waals surface area contributed by atoms with Crippen molar-refractivity contribution in [1.82, 2.24) is 4.90 Å². The van der Waals surface area contributed by atoms with Crippen molar-refractivity contribution >= 4 is 17.6 Å². The standard InChI is InChI=1S/C16H22N2O3/c1-11-6-5-7-12(2)15(11)17-10-14(19)18-9-4-3-8-13(18)16(20)21/h5-7,13,17H,3-4,8-10H2,1-2H3,(H,20,21). The van der Waals surface area contributed by atoms with Gasteiger partial charge < -0.3 is 15.3 Å². The zero-order chi connectivity index (χ0) is 15.4. The molecule has 2 rings (SSSR count). The summed E-state index contributed by atoms with van der Waals surface area (Å²) in [6.07, 6.45) is 2.29. The summed E-state index contributed by atoms with van der Waals surface area (Å²) in [4.78, 5) is 25.0. The molecule has 0 bridgehead atoms. The quantitative estimate of drug-likeness (QED) is 0.891. The molecule has 1 unspecified atom stereocenters. The molecule has 1 aromatic rings. The van der Waals surface area contributed by atoms with Gasteiger partial charge >= 0.3 is 5.97 Å². The molecule has 5 nitrogen and oxygen atoms in total. The zero-order valence-electron chi connectivity index (χ0n) is 12.6. The Morgan fingerprint density at radius 2 is 1.95 bits per heavy atom. The lowest BCUT2D eigenvalue weighted by Crippen LogP contribution is -2.49. The van der Waals surface area contributed by atoms with Crippen LogP contribution in [0.2, 0.25) is 0 Å². The average molecular weight is 290 g/mol. The van der Waals surface area contributed by atoms with E-state index in [4.69, 9.17) is 0 Å². The molecule has 114 valence electrons. The van der Waals surface area contributed by atoms with Crippen molar-refractivity contribution in [2.24, 2.45) is 0 Å². The summed E-state index contributed by atoms with van der Waals surface area (Å²) < 4.78 is 0. The maximum atomic E-state index is 12.3.